The first-order valence-corrected chi connectivity index (χ1v) is 10.5. The Morgan fingerprint density at radius 2 is 1.80 bits per heavy atom. The molecule has 158 valence electrons. The van der Waals surface area contributed by atoms with Gasteiger partial charge in [0.15, 0.2) is 6.61 Å². The van der Waals surface area contributed by atoms with E-state index < -0.39 is 17.9 Å². The fraction of sp³-hybridized carbons (Fsp3) is 0.318. The van der Waals surface area contributed by atoms with Crippen LogP contribution in [-0.2, 0) is 9.59 Å². The summed E-state index contributed by atoms with van der Waals surface area (Å²) in [5, 5.41) is 0. The molecule has 1 fully saturated rings. The minimum atomic E-state index is -0.623. The number of ether oxygens (including phenoxy) is 1. The normalized spacial score (nSPS) is 15.6. The van der Waals surface area contributed by atoms with Crippen molar-refractivity contribution in [3.63, 3.8) is 0 Å². The molecule has 30 heavy (non-hydrogen) atoms. The van der Waals surface area contributed by atoms with Gasteiger partial charge in [0.05, 0.1) is 0 Å². The molecule has 0 bridgehead atoms. The lowest BCUT2D eigenvalue weighted by Crippen LogP contribution is -2.52. The molecular weight excluding hydrogens is 450 g/mol. The maximum absolute atomic E-state index is 12.7. The van der Waals surface area contributed by atoms with E-state index in [1.165, 1.54) is 4.90 Å². The quantitative estimate of drug-likeness (QED) is 0.653. The Labute approximate surface area is 183 Å². The van der Waals surface area contributed by atoms with Crippen molar-refractivity contribution in [1.29, 1.82) is 0 Å². The molecule has 0 aliphatic carbocycles. The van der Waals surface area contributed by atoms with Gasteiger partial charge in [0, 0.05) is 16.6 Å². The van der Waals surface area contributed by atoms with Gasteiger partial charge in [0.2, 0.25) is 0 Å². The zero-order valence-corrected chi connectivity index (χ0v) is 18.5. The molecule has 7 nitrogen and oxygen atoms in total. The topological polar surface area (TPSA) is 87.7 Å². The Morgan fingerprint density at radius 1 is 1.07 bits per heavy atom. The summed E-state index contributed by atoms with van der Waals surface area (Å²) in [7, 11) is 0. The first kappa shape index (κ1) is 21.8. The van der Waals surface area contributed by atoms with Gasteiger partial charge in [-0.2, -0.15) is 0 Å². The van der Waals surface area contributed by atoms with E-state index >= 15 is 0 Å². The van der Waals surface area contributed by atoms with Gasteiger partial charge in [-0.3, -0.25) is 25.2 Å². The Kier molecular flexibility index (Phi) is 7.10. The van der Waals surface area contributed by atoms with Crippen molar-refractivity contribution >= 4 is 33.7 Å². The molecule has 1 aliphatic heterocycles. The summed E-state index contributed by atoms with van der Waals surface area (Å²) >= 11 is 3.34. The summed E-state index contributed by atoms with van der Waals surface area (Å²) in [6.07, 6.45) is 1.27. The maximum Gasteiger partial charge on any atom is 0.276 e. The third-order valence-electron chi connectivity index (χ3n) is 5.08. The Bertz CT molecular complexity index is 946. The molecular formula is C22H24BrN3O4. The van der Waals surface area contributed by atoms with Crippen molar-refractivity contribution in [2.75, 3.05) is 13.2 Å². The second-order valence-corrected chi connectivity index (χ2v) is 8.15. The summed E-state index contributed by atoms with van der Waals surface area (Å²) < 4.78 is 6.33. The molecule has 0 spiro atoms. The predicted octanol–water partition coefficient (Wildman–Crippen LogP) is 2.90. The number of nitrogens with one attached hydrogen (secondary N) is 2. The Hall–Kier alpha value is -2.87. The van der Waals surface area contributed by atoms with E-state index in [1.807, 2.05) is 26.0 Å². The molecule has 1 saturated heterocycles. The lowest BCUT2D eigenvalue weighted by Gasteiger charge is -2.24. The number of carbonyl (C=O) groups is 3. The molecule has 0 aromatic heterocycles. The second kappa shape index (κ2) is 9.75. The highest BCUT2D eigenvalue weighted by atomic mass is 79.9. The summed E-state index contributed by atoms with van der Waals surface area (Å²) in [4.78, 5) is 38.8. The van der Waals surface area contributed by atoms with Gasteiger partial charge >= 0.3 is 0 Å². The van der Waals surface area contributed by atoms with Crippen molar-refractivity contribution in [3.05, 3.63) is 63.6 Å². The van der Waals surface area contributed by atoms with Crippen LogP contribution in [0.4, 0.5) is 0 Å². The van der Waals surface area contributed by atoms with E-state index in [2.05, 4.69) is 26.8 Å². The SMILES string of the molecule is Cc1ccc(OCC(=O)NNC(=O)C2CCCN2C(=O)c2ccc(Br)cc2)cc1C. The summed E-state index contributed by atoms with van der Waals surface area (Å²) in [5.41, 5.74) is 7.48. The van der Waals surface area contributed by atoms with Crippen LogP contribution >= 0.6 is 15.9 Å². The summed E-state index contributed by atoms with van der Waals surface area (Å²) in [6.45, 7) is 4.23. The molecule has 3 amide bonds. The molecule has 0 radical (unpaired) electrons. The summed E-state index contributed by atoms with van der Waals surface area (Å²) in [6, 6.07) is 11.9. The molecule has 0 saturated carbocycles. The van der Waals surface area contributed by atoms with Crippen LogP contribution in [0.25, 0.3) is 0 Å². The molecule has 2 aromatic carbocycles. The van der Waals surface area contributed by atoms with Crippen LogP contribution in [0, 0.1) is 13.8 Å². The van der Waals surface area contributed by atoms with E-state index in [1.54, 1.807) is 30.3 Å². The molecule has 2 aromatic rings. The number of aryl methyl sites for hydroxylation is 2. The molecule has 1 aliphatic rings. The van der Waals surface area contributed by atoms with Gasteiger partial charge in [-0.05, 0) is 74.2 Å². The van der Waals surface area contributed by atoms with Crippen molar-refractivity contribution in [1.82, 2.24) is 15.8 Å². The fourth-order valence-electron chi connectivity index (χ4n) is 3.24. The van der Waals surface area contributed by atoms with Gasteiger partial charge in [-0.25, -0.2) is 0 Å². The van der Waals surface area contributed by atoms with Gasteiger partial charge in [0.25, 0.3) is 17.7 Å². The molecule has 8 heteroatoms. The van der Waals surface area contributed by atoms with Gasteiger partial charge < -0.3 is 9.64 Å². The first-order valence-electron chi connectivity index (χ1n) is 9.70. The van der Waals surface area contributed by atoms with Crippen molar-refractivity contribution in [2.45, 2.75) is 32.7 Å². The van der Waals surface area contributed by atoms with Gasteiger partial charge in [-0.1, -0.05) is 22.0 Å². The summed E-state index contributed by atoms with van der Waals surface area (Å²) in [5.74, 6) is -0.519. The van der Waals surface area contributed by atoms with Gasteiger partial charge in [-0.15, -0.1) is 0 Å². The van der Waals surface area contributed by atoms with Crippen molar-refractivity contribution < 1.29 is 19.1 Å². The Balaban J connectivity index is 1.50. The standard InChI is InChI=1S/C22H24BrN3O4/c1-14-5-10-18(12-15(14)2)30-13-20(27)24-25-21(28)19-4-3-11-26(19)22(29)16-6-8-17(23)9-7-16/h5-10,12,19H,3-4,11,13H2,1-2H3,(H,24,27)(H,25,28). The number of benzene rings is 2. The second-order valence-electron chi connectivity index (χ2n) is 7.24. The molecule has 1 heterocycles. The van der Waals surface area contributed by atoms with Crippen molar-refractivity contribution in [3.8, 4) is 5.75 Å². The van der Waals surface area contributed by atoms with Crippen molar-refractivity contribution in [2.24, 2.45) is 0 Å². The zero-order valence-electron chi connectivity index (χ0n) is 16.9. The van der Waals surface area contributed by atoms with E-state index in [0.717, 1.165) is 22.0 Å². The van der Waals surface area contributed by atoms with E-state index in [9.17, 15) is 14.4 Å². The average molecular weight is 474 g/mol. The van der Waals surface area contributed by atoms with Crippen LogP contribution in [0.2, 0.25) is 0 Å². The largest absolute Gasteiger partial charge is 0.484 e. The Morgan fingerprint density at radius 3 is 2.50 bits per heavy atom. The minimum Gasteiger partial charge on any atom is -0.484 e. The molecule has 1 atom stereocenters. The number of nitrogens with zero attached hydrogens (tertiary/aromatic N) is 1. The highest BCUT2D eigenvalue weighted by Crippen LogP contribution is 2.21. The number of hydrazine groups is 1. The van der Waals surface area contributed by atoms with E-state index in [-0.39, 0.29) is 12.5 Å². The number of rotatable bonds is 5. The third-order valence-corrected chi connectivity index (χ3v) is 5.61. The van der Waals surface area contributed by atoms with Crippen LogP contribution in [-0.4, -0.2) is 41.8 Å². The smallest absolute Gasteiger partial charge is 0.276 e. The fourth-order valence-corrected chi connectivity index (χ4v) is 3.51. The van der Waals surface area contributed by atoms with Gasteiger partial charge in [0.1, 0.15) is 11.8 Å². The third kappa shape index (κ3) is 5.38. The van der Waals surface area contributed by atoms with Crippen LogP contribution in [0.3, 0.4) is 0 Å². The number of amides is 3. The van der Waals surface area contributed by atoms with Crippen LogP contribution in [0.15, 0.2) is 46.9 Å². The van der Waals surface area contributed by atoms with Crippen LogP contribution in [0.5, 0.6) is 5.75 Å². The van der Waals surface area contributed by atoms with E-state index in [4.69, 9.17) is 4.74 Å². The predicted molar refractivity (Wildman–Crippen MR) is 116 cm³/mol. The van der Waals surface area contributed by atoms with E-state index in [0.29, 0.717) is 24.3 Å². The monoisotopic (exact) mass is 473 g/mol. The lowest BCUT2D eigenvalue weighted by molar-refractivity contribution is -0.131. The number of likely N-dealkylation sites (tertiary alicyclic amines) is 1. The zero-order chi connectivity index (χ0) is 21.7. The number of hydrogen-bond donors (Lipinski definition) is 2. The molecule has 2 N–H and O–H groups in total. The van der Waals surface area contributed by atoms with Crippen LogP contribution < -0.4 is 15.6 Å². The first-order chi connectivity index (χ1) is 14.3. The number of hydrogen-bond acceptors (Lipinski definition) is 4. The lowest BCUT2D eigenvalue weighted by atomic mass is 10.1. The highest BCUT2D eigenvalue weighted by Gasteiger charge is 2.34. The van der Waals surface area contributed by atoms with Crippen LogP contribution in [0.1, 0.15) is 34.3 Å². The minimum absolute atomic E-state index is 0.204. The average Bonchev–Trinajstić information content (AvgIpc) is 3.23. The highest BCUT2D eigenvalue weighted by molar-refractivity contribution is 9.10. The maximum atomic E-state index is 12.7. The number of carbonyl (C=O) groups excluding carboxylic acids is 3. The molecule has 1 unspecified atom stereocenters. The number of halogens is 1. The molecule has 3 rings (SSSR count).